The standard InChI is InChI=1S/C28H35N5.C27H33N5.C27H30N4/c1-18-12-21(14-22-17-32(6)30-26(18)22)19-8-10-24-20(13-19)9-11-25(29-24)33(7)23-15-27(2,3)31-28(4,5)16-23;1-26(2)15-22(16-27(3,4)30-26)32(6)25-12-9-20-13-18(7-10-23(20)28-25)19-8-11-24-21(14-19)17-31(5)29-24;1-17-11-20(13-21-16-31(6)29-25(17)21)18-7-9-23-19(12-18)8-10-24(28-23)22-14-26(2,3)30-27(4,5)15-22/h8-14,17,23,31H,15-16H2,1-7H3;7-14,17,22,30H,15-16H2,1-6H3;7-14,16,30H,15H2,1-6H3. The number of piperidine rings is 2. The van der Waals surface area contributed by atoms with E-state index in [0.29, 0.717) is 12.1 Å². The molecule has 96 heavy (non-hydrogen) atoms. The molecule has 6 aromatic heterocycles. The number of hydrogen-bond acceptors (Lipinski definition) is 11. The first-order chi connectivity index (χ1) is 45.2. The van der Waals surface area contributed by atoms with E-state index in [4.69, 9.17) is 15.0 Å². The Kier molecular flexibility index (Phi) is 16.7. The summed E-state index contributed by atoms with van der Waals surface area (Å²) in [6, 6.07) is 49.1. The molecule has 0 saturated carbocycles. The highest BCUT2D eigenvalue weighted by Crippen LogP contribution is 2.39. The Bertz CT molecular complexity index is 4960. The van der Waals surface area contributed by atoms with Crippen molar-refractivity contribution < 1.29 is 0 Å². The first-order valence-electron chi connectivity index (χ1n) is 34.3. The minimum Gasteiger partial charge on any atom is -0.357 e. The van der Waals surface area contributed by atoms with Gasteiger partial charge in [0.15, 0.2) is 0 Å². The van der Waals surface area contributed by atoms with Gasteiger partial charge in [-0.3, -0.25) is 14.0 Å². The summed E-state index contributed by atoms with van der Waals surface area (Å²) in [5.74, 6) is 2.09. The predicted octanol–water partition coefficient (Wildman–Crippen LogP) is 17.4. The second-order valence-electron chi connectivity index (χ2n) is 32.1. The van der Waals surface area contributed by atoms with Crippen LogP contribution < -0.4 is 25.8 Å². The molecule has 3 N–H and O–H groups in total. The largest absolute Gasteiger partial charge is 0.357 e. The number of hydrogen-bond donors (Lipinski definition) is 3. The zero-order chi connectivity index (χ0) is 68.2. The second-order valence-corrected chi connectivity index (χ2v) is 32.1. The van der Waals surface area contributed by atoms with Crippen LogP contribution in [0, 0.1) is 13.8 Å². The normalized spacial score (nSPS) is 18.1. The molecule has 2 fully saturated rings. The minimum atomic E-state index is -0.0413. The number of pyridine rings is 3. The van der Waals surface area contributed by atoms with E-state index < -0.39 is 0 Å². The number of nitrogens with one attached hydrogen (secondary N) is 3. The topological polar surface area (TPSA) is 135 Å². The van der Waals surface area contributed by atoms with E-state index in [1.165, 1.54) is 71.6 Å². The summed E-state index contributed by atoms with van der Waals surface area (Å²) in [7, 11) is 10.3. The third-order valence-electron chi connectivity index (χ3n) is 19.8. The maximum Gasteiger partial charge on any atom is 0.129 e. The molecule has 0 atom stereocenters. The Morgan fingerprint density at radius 2 is 0.740 bits per heavy atom. The third-order valence-corrected chi connectivity index (χ3v) is 19.8. The van der Waals surface area contributed by atoms with Gasteiger partial charge in [-0.2, -0.15) is 15.3 Å². The summed E-state index contributed by atoms with van der Waals surface area (Å²) in [6.07, 6.45) is 13.9. The number of nitrogens with zero attached hydrogens (tertiary/aromatic N) is 11. The lowest BCUT2D eigenvalue weighted by Gasteiger charge is -2.49. The van der Waals surface area contributed by atoms with Crippen molar-refractivity contribution in [1.82, 2.24) is 60.2 Å². The number of aryl methyl sites for hydroxylation is 5. The van der Waals surface area contributed by atoms with Gasteiger partial charge in [0.05, 0.1) is 38.8 Å². The molecule has 12 aromatic rings. The SMILES string of the molecule is CN(c1ccc2cc(-c3ccc4nn(C)cc4c3)ccc2n1)C1CC(C)(C)NC(C)(C)C1.Cc1cc(-c2ccc3nc(C4=CC(C)(C)NC(C)(C)C4)ccc3c2)cc2cn(C)nc12.Cc1cc(-c2ccc3nc(N(C)C4CC(C)(C)NC(C)(C)C4)ccc3c2)cc2cn(C)nc12. The lowest BCUT2D eigenvalue weighted by molar-refractivity contribution is 0.160. The van der Waals surface area contributed by atoms with E-state index in [9.17, 15) is 0 Å². The highest BCUT2D eigenvalue weighted by molar-refractivity contribution is 5.93. The highest BCUT2D eigenvalue weighted by Gasteiger charge is 2.41. The summed E-state index contributed by atoms with van der Waals surface area (Å²) in [5.41, 5.74) is 18.8. The maximum absolute atomic E-state index is 5.04. The third kappa shape index (κ3) is 14.2. The molecule has 3 aliphatic rings. The minimum absolute atomic E-state index is 0.0413. The molecule has 9 heterocycles. The molecule has 0 radical (unpaired) electrons. The molecular weight excluding hydrogens is 1180 g/mol. The van der Waals surface area contributed by atoms with Gasteiger partial charge in [0.2, 0.25) is 0 Å². The van der Waals surface area contributed by atoms with Gasteiger partial charge >= 0.3 is 0 Å². The molecule has 0 bridgehead atoms. The summed E-state index contributed by atoms with van der Waals surface area (Å²) < 4.78 is 5.63. The molecule has 14 nitrogen and oxygen atoms in total. The van der Waals surface area contributed by atoms with Crippen LogP contribution in [0.5, 0.6) is 0 Å². The van der Waals surface area contributed by atoms with Crippen LogP contribution in [0.15, 0.2) is 158 Å². The fourth-order valence-corrected chi connectivity index (χ4v) is 16.5. The van der Waals surface area contributed by atoms with Crippen LogP contribution in [0.3, 0.4) is 0 Å². The van der Waals surface area contributed by atoms with Crippen LogP contribution >= 0.6 is 0 Å². The van der Waals surface area contributed by atoms with E-state index in [-0.39, 0.29) is 33.2 Å². The van der Waals surface area contributed by atoms with E-state index in [1.54, 1.807) is 0 Å². The Hall–Kier alpha value is -8.82. The number of rotatable bonds is 8. The van der Waals surface area contributed by atoms with Gasteiger partial charge in [-0.05, 0) is 282 Å². The first kappa shape index (κ1) is 65.8. The van der Waals surface area contributed by atoms with Crippen molar-refractivity contribution in [2.45, 2.75) is 174 Å². The van der Waals surface area contributed by atoms with Crippen molar-refractivity contribution >= 4 is 82.6 Å². The zero-order valence-corrected chi connectivity index (χ0v) is 60.1. The lowest BCUT2D eigenvalue weighted by Crippen LogP contribution is -2.62. The van der Waals surface area contributed by atoms with Crippen LogP contribution in [0.1, 0.15) is 132 Å². The van der Waals surface area contributed by atoms with Crippen molar-refractivity contribution in [3.05, 3.63) is 175 Å². The van der Waals surface area contributed by atoms with Crippen LogP contribution in [0.4, 0.5) is 11.6 Å². The Morgan fingerprint density at radius 1 is 0.375 bits per heavy atom. The smallest absolute Gasteiger partial charge is 0.129 e. The van der Waals surface area contributed by atoms with Gasteiger partial charge in [-0.15, -0.1) is 0 Å². The van der Waals surface area contributed by atoms with Crippen molar-refractivity contribution in [2.24, 2.45) is 21.1 Å². The molecule has 0 aliphatic carbocycles. The summed E-state index contributed by atoms with van der Waals surface area (Å²) in [6.45, 7) is 31.6. The van der Waals surface area contributed by atoms with Gasteiger partial charge in [0.1, 0.15) is 11.6 Å². The molecule has 496 valence electrons. The second kappa shape index (κ2) is 24.4. The number of aromatic nitrogens is 9. The fourth-order valence-electron chi connectivity index (χ4n) is 16.5. The number of benzene rings is 6. The number of anilines is 2. The summed E-state index contributed by atoms with van der Waals surface area (Å²) in [4.78, 5) is 19.8. The van der Waals surface area contributed by atoms with Gasteiger partial charge in [-0.25, -0.2) is 15.0 Å². The molecule has 15 rings (SSSR count). The number of fused-ring (bicyclic) bond motifs is 6. The average molecular weight is 1280 g/mol. The molecule has 0 unspecified atom stereocenters. The summed E-state index contributed by atoms with van der Waals surface area (Å²) >= 11 is 0. The Morgan fingerprint density at radius 3 is 1.18 bits per heavy atom. The van der Waals surface area contributed by atoms with E-state index in [1.807, 2.05) is 35.2 Å². The van der Waals surface area contributed by atoms with E-state index in [2.05, 4.69) is 310 Å². The van der Waals surface area contributed by atoms with Crippen LogP contribution in [-0.2, 0) is 21.1 Å². The van der Waals surface area contributed by atoms with Crippen molar-refractivity contribution in [1.29, 1.82) is 0 Å². The van der Waals surface area contributed by atoms with Gasteiger partial charge < -0.3 is 25.8 Å². The molecule has 6 aromatic carbocycles. The molecule has 0 amide bonds. The fraction of sp³-hybridized carbons (Fsp3) is 0.390. The highest BCUT2D eigenvalue weighted by atomic mass is 15.3. The zero-order valence-electron chi connectivity index (χ0n) is 60.1. The maximum atomic E-state index is 5.04. The van der Waals surface area contributed by atoms with Crippen molar-refractivity contribution in [3.8, 4) is 33.4 Å². The molecule has 3 aliphatic heterocycles. The van der Waals surface area contributed by atoms with Crippen LogP contribution in [0.25, 0.3) is 104 Å². The molecule has 0 spiro atoms. The van der Waals surface area contributed by atoms with Crippen molar-refractivity contribution in [2.75, 3.05) is 23.9 Å². The first-order valence-corrected chi connectivity index (χ1v) is 34.3. The van der Waals surface area contributed by atoms with E-state index in [0.717, 1.165) is 93.3 Å². The van der Waals surface area contributed by atoms with Crippen molar-refractivity contribution in [3.63, 3.8) is 0 Å². The average Bonchev–Trinajstić information content (AvgIpc) is 1.26. The Labute approximate surface area is 567 Å². The van der Waals surface area contributed by atoms with Gasteiger partial charge in [0.25, 0.3) is 0 Å². The van der Waals surface area contributed by atoms with Crippen LogP contribution in [-0.4, -0.2) is 104 Å². The predicted molar refractivity (Wildman–Crippen MR) is 403 cm³/mol. The monoisotopic (exact) mass is 1280 g/mol. The molecule has 14 heteroatoms. The Balaban J connectivity index is 0.000000130. The quantitative estimate of drug-likeness (QED) is 0.134. The molecule has 2 saturated heterocycles. The van der Waals surface area contributed by atoms with Crippen LogP contribution in [0.2, 0.25) is 0 Å². The van der Waals surface area contributed by atoms with Gasteiger partial charge in [0, 0.05) is 131 Å². The molecular formula is C82H98N14. The van der Waals surface area contributed by atoms with Gasteiger partial charge in [-0.1, -0.05) is 36.4 Å². The summed E-state index contributed by atoms with van der Waals surface area (Å²) in [5, 5.41) is 31.9. The lowest BCUT2D eigenvalue weighted by atomic mass is 9.79. The van der Waals surface area contributed by atoms with E-state index >= 15 is 0 Å².